The molecule has 2 fully saturated rings. The van der Waals surface area contributed by atoms with Gasteiger partial charge in [-0.2, -0.15) is 0 Å². The monoisotopic (exact) mass is 166 g/mol. The van der Waals surface area contributed by atoms with Crippen molar-refractivity contribution in [1.82, 2.24) is 0 Å². The van der Waals surface area contributed by atoms with Crippen molar-refractivity contribution in [2.45, 2.75) is 44.3 Å². The second-order valence-corrected chi connectivity index (χ2v) is 4.29. The van der Waals surface area contributed by atoms with E-state index < -0.39 is 0 Å². The lowest BCUT2D eigenvalue weighted by atomic mass is 9.89. The molecule has 0 radical (unpaired) electrons. The lowest BCUT2D eigenvalue weighted by Gasteiger charge is -2.21. The summed E-state index contributed by atoms with van der Waals surface area (Å²) in [6.07, 6.45) is 7.52. The van der Waals surface area contributed by atoms with Crippen LogP contribution in [0, 0.1) is 5.92 Å². The van der Waals surface area contributed by atoms with Crippen molar-refractivity contribution >= 4 is 0 Å². The van der Waals surface area contributed by atoms with Crippen molar-refractivity contribution in [1.29, 1.82) is 0 Å². The predicted octanol–water partition coefficient (Wildman–Crippen LogP) is 2.21. The van der Waals surface area contributed by atoms with E-state index in [1.54, 1.807) is 0 Å². The van der Waals surface area contributed by atoms with Gasteiger partial charge in [-0.25, -0.2) is 9.78 Å². The fraction of sp³-hybridized carbons (Fsp3) is 0.800. The third-order valence-corrected chi connectivity index (χ3v) is 3.41. The van der Waals surface area contributed by atoms with Crippen molar-refractivity contribution < 1.29 is 9.78 Å². The Kier molecular flexibility index (Phi) is 1.25. The van der Waals surface area contributed by atoms with E-state index in [2.05, 4.69) is 13.0 Å². The van der Waals surface area contributed by atoms with Crippen LogP contribution in [0.3, 0.4) is 0 Å². The molecule has 3 rings (SSSR count). The first-order valence-electron chi connectivity index (χ1n) is 4.86. The SMILES string of the molecule is CC1(C2CC2)OOC2CCC=C21. The van der Waals surface area contributed by atoms with Crippen LogP contribution in [0.5, 0.6) is 0 Å². The summed E-state index contributed by atoms with van der Waals surface area (Å²) < 4.78 is 0. The Bertz CT molecular complexity index is 242. The third kappa shape index (κ3) is 0.771. The summed E-state index contributed by atoms with van der Waals surface area (Å²) in [7, 11) is 0. The highest BCUT2D eigenvalue weighted by molar-refractivity contribution is 5.29. The van der Waals surface area contributed by atoms with Crippen molar-refractivity contribution in [3.8, 4) is 0 Å². The normalized spacial score (nSPS) is 46.1. The van der Waals surface area contributed by atoms with Crippen molar-refractivity contribution in [3.05, 3.63) is 11.6 Å². The molecular weight excluding hydrogens is 152 g/mol. The Morgan fingerprint density at radius 3 is 3.00 bits per heavy atom. The number of hydrogen-bond donors (Lipinski definition) is 0. The van der Waals surface area contributed by atoms with Gasteiger partial charge in [0.15, 0.2) is 0 Å². The first-order chi connectivity index (χ1) is 5.81. The highest BCUT2D eigenvalue weighted by Gasteiger charge is 2.53. The van der Waals surface area contributed by atoms with Crippen LogP contribution in [-0.2, 0) is 9.78 Å². The molecule has 0 spiro atoms. The number of hydrogen-bond acceptors (Lipinski definition) is 2. The summed E-state index contributed by atoms with van der Waals surface area (Å²) in [5.74, 6) is 0.729. The molecule has 2 nitrogen and oxygen atoms in total. The molecule has 0 bridgehead atoms. The Labute approximate surface area is 72.5 Å². The average molecular weight is 166 g/mol. The predicted molar refractivity (Wildman–Crippen MR) is 44.4 cm³/mol. The van der Waals surface area contributed by atoms with Gasteiger partial charge in [0.1, 0.15) is 11.7 Å². The first-order valence-corrected chi connectivity index (χ1v) is 4.86. The zero-order valence-electron chi connectivity index (χ0n) is 7.38. The van der Waals surface area contributed by atoms with E-state index in [4.69, 9.17) is 9.78 Å². The lowest BCUT2D eigenvalue weighted by molar-refractivity contribution is -0.327. The minimum Gasteiger partial charge on any atom is -0.228 e. The molecule has 1 aliphatic heterocycles. The second-order valence-electron chi connectivity index (χ2n) is 4.29. The summed E-state index contributed by atoms with van der Waals surface area (Å²) in [5.41, 5.74) is 1.37. The maximum Gasteiger partial charge on any atom is 0.127 e. The molecule has 0 amide bonds. The van der Waals surface area contributed by atoms with Crippen molar-refractivity contribution in [3.63, 3.8) is 0 Å². The van der Waals surface area contributed by atoms with Crippen LogP contribution in [0.15, 0.2) is 11.6 Å². The summed E-state index contributed by atoms with van der Waals surface area (Å²) >= 11 is 0. The van der Waals surface area contributed by atoms with Gasteiger partial charge in [-0.05, 0) is 44.1 Å². The van der Waals surface area contributed by atoms with Crippen molar-refractivity contribution in [2.24, 2.45) is 5.92 Å². The minimum atomic E-state index is -0.0544. The van der Waals surface area contributed by atoms with Gasteiger partial charge in [0, 0.05) is 0 Å². The number of fused-ring (bicyclic) bond motifs is 1. The molecule has 2 aliphatic carbocycles. The van der Waals surface area contributed by atoms with Crippen LogP contribution in [0.4, 0.5) is 0 Å². The van der Waals surface area contributed by atoms with Crippen LogP contribution in [0.2, 0.25) is 0 Å². The molecule has 66 valence electrons. The summed E-state index contributed by atoms with van der Waals surface area (Å²) in [4.78, 5) is 10.8. The maximum atomic E-state index is 5.46. The molecule has 3 aliphatic rings. The molecule has 2 heteroatoms. The summed E-state index contributed by atoms with van der Waals surface area (Å²) in [6, 6.07) is 0. The standard InChI is InChI=1S/C10H14O2/c1-10(7-5-6-7)8-3-2-4-9(8)11-12-10/h3,7,9H,2,4-6H2,1H3. The molecule has 1 saturated carbocycles. The van der Waals surface area contributed by atoms with Crippen molar-refractivity contribution in [2.75, 3.05) is 0 Å². The second kappa shape index (κ2) is 2.12. The third-order valence-electron chi connectivity index (χ3n) is 3.41. The minimum absolute atomic E-state index is 0.0544. The van der Waals surface area contributed by atoms with Gasteiger partial charge in [-0.3, -0.25) is 0 Å². The smallest absolute Gasteiger partial charge is 0.127 e. The van der Waals surface area contributed by atoms with Gasteiger partial charge in [-0.15, -0.1) is 0 Å². The highest BCUT2D eigenvalue weighted by atomic mass is 17.2. The average Bonchev–Trinajstić information content (AvgIpc) is 2.72. The zero-order valence-corrected chi connectivity index (χ0v) is 7.38. The molecule has 1 heterocycles. The van der Waals surface area contributed by atoms with Gasteiger partial charge in [0.2, 0.25) is 0 Å². The number of rotatable bonds is 1. The molecule has 0 N–H and O–H groups in total. The fourth-order valence-corrected chi connectivity index (χ4v) is 2.44. The molecule has 2 unspecified atom stereocenters. The van der Waals surface area contributed by atoms with Gasteiger partial charge < -0.3 is 0 Å². The molecule has 0 aromatic carbocycles. The Balaban J connectivity index is 1.95. The Morgan fingerprint density at radius 1 is 1.42 bits per heavy atom. The van der Waals surface area contributed by atoms with Crippen LogP contribution in [0.25, 0.3) is 0 Å². The van der Waals surface area contributed by atoms with E-state index in [1.165, 1.54) is 24.8 Å². The van der Waals surface area contributed by atoms with E-state index in [0.717, 1.165) is 12.3 Å². The van der Waals surface area contributed by atoms with Gasteiger partial charge in [-0.1, -0.05) is 6.08 Å². The van der Waals surface area contributed by atoms with Crippen LogP contribution in [0.1, 0.15) is 32.6 Å². The molecule has 12 heavy (non-hydrogen) atoms. The first kappa shape index (κ1) is 7.10. The van der Waals surface area contributed by atoms with Gasteiger partial charge in [0.05, 0.1) is 0 Å². The van der Waals surface area contributed by atoms with E-state index >= 15 is 0 Å². The van der Waals surface area contributed by atoms with E-state index in [0.29, 0.717) is 0 Å². The number of allylic oxidation sites excluding steroid dienone is 1. The maximum absolute atomic E-state index is 5.46. The van der Waals surface area contributed by atoms with Gasteiger partial charge in [0.25, 0.3) is 0 Å². The highest BCUT2D eigenvalue weighted by Crippen LogP contribution is 2.52. The largest absolute Gasteiger partial charge is 0.228 e. The van der Waals surface area contributed by atoms with Crippen LogP contribution >= 0.6 is 0 Å². The quantitative estimate of drug-likeness (QED) is 0.439. The fourth-order valence-electron chi connectivity index (χ4n) is 2.44. The Hall–Kier alpha value is -0.340. The molecule has 0 aromatic heterocycles. The van der Waals surface area contributed by atoms with E-state index in [1.807, 2.05) is 0 Å². The summed E-state index contributed by atoms with van der Waals surface area (Å²) in [5, 5.41) is 0. The van der Waals surface area contributed by atoms with Crippen LogP contribution < -0.4 is 0 Å². The molecular formula is C10H14O2. The van der Waals surface area contributed by atoms with Gasteiger partial charge >= 0.3 is 0 Å². The zero-order chi connectivity index (χ0) is 8.18. The lowest BCUT2D eigenvalue weighted by Crippen LogP contribution is -2.28. The van der Waals surface area contributed by atoms with E-state index in [9.17, 15) is 0 Å². The Morgan fingerprint density at radius 2 is 2.25 bits per heavy atom. The van der Waals surface area contributed by atoms with E-state index in [-0.39, 0.29) is 11.7 Å². The molecule has 0 aromatic rings. The molecule has 1 saturated heterocycles. The van der Waals surface area contributed by atoms with Crippen LogP contribution in [-0.4, -0.2) is 11.7 Å². The summed E-state index contributed by atoms with van der Waals surface area (Å²) in [6.45, 7) is 2.18. The molecule has 2 atom stereocenters. The topological polar surface area (TPSA) is 18.5 Å².